The quantitative estimate of drug-likeness (QED) is 0.245. The average molecular weight is 511 g/mol. The van der Waals surface area contributed by atoms with Gasteiger partial charge in [-0.05, 0) is 61.4 Å². The van der Waals surface area contributed by atoms with Crippen LogP contribution in [0.4, 0.5) is 5.69 Å². The Balaban J connectivity index is 1.16. The molecule has 0 saturated heterocycles. The number of aromatic amines is 1. The summed E-state index contributed by atoms with van der Waals surface area (Å²) in [6, 6.07) is 22.0. The summed E-state index contributed by atoms with van der Waals surface area (Å²) in [5.74, 6) is -0.0916. The predicted octanol–water partition coefficient (Wildman–Crippen LogP) is 6.60. The van der Waals surface area contributed by atoms with E-state index in [4.69, 9.17) is 4.98 Å². The number of thiazole rings is 1. The van der Waals surface area contributed by atoms with E-state index in [1.807, 2.05) is 55.5 Å². The lowest BCUT2D eigenvalue weighted by Crippen LogP contribution is -2.24. The number of fused-ring (bicyclic) bond motifs is 4. The summed E-state index contributed by atoms with van der Waals surface area (Å²) in [5, 5.41) is 13.7. The fourth-order valence-electron chi connectivity index (χ4n) is 4.08. The molecular weight excluding hydrogens is 488 g/mol. The minimum Gasteiger partial charge on any atom is -0.338 e. The summed E-state index contributed by atoms with van der Waals surface area (Å²) in [6.45, 7) is 4.06. The van der Waals surface area contributed by atoms with Crippen LogP contribution in [0.5, 0.6) is 0 Å². The molecule has 0 spiro atoms. The van der Waals surface area contributed by atoms with Crippen LogP contribution in [0.2, 0.25) is 0 Å². The number of anilines is 1. The molecule has 1 unspecified atom stereocenters. The van der Waals surface area contributed by atoms with E-state index >= 15 is 0 Å². The van der Waals surface area contributed by atoms with Crippen LogP contribution in [0.3, 0.4) is 0 Å². The highest BCUT2D eigenvalue weighted by Gasteiger charge is 2.21. The zero-order chi connectivity index (χ0) is 24.6. The Kier molecular flexibility index (Phi) is 5.86. The first-order valence-corrected chi connectivity index (χ1v) is 13.3. The van der Waals surface area contributed by atoms with Crippen molar-refractivity contribution in [3.8, 4) is 10.6 Å². The lowest BCUT2D eigenvalue weighted by atomic mass is 10.2. The molecule has 36 heavy (non-hydrogen) atoms. The lowest BCUT2D eigenvalue weighted by Gasteiger charge is -2.13. The highest BCUT2D eigenvalue weighted by Crippen LogP contribution is 2.32. The standard InChI is InChI=1S/C27H22N6OS2/c1-3-21(36-27-31-24-23(32-33-27)18-6-4-5-7-19(18)29-24)25(34)28-17-11-9-16(10-12-17)26-30-20-13-8-15(2)14-22(20)35-26/h4-14,21H,3H2,1-2H3,(H,28,34)(H,29,31,33). The monoisotopic (exact) mass is 510 g/mol. The molecule has 3 aromatic heterocycles. The van der Waals surface area contributed by atoms with Crippen LogP contribution in [0.15, 0.2) is 71.9 Å². The number of para-hydroxylation sites is 1. The third-order valence-corrected chi connectivity index (χ3v) is 8.24. The number of amides is 1. The van der Waals surface area contributed by atoms with Gasteiger partial charge in [0, 0.05) is 22.2 Å². The molecule has 0 saturated carbocycles. The number of H-pyrrole nitrogens is 1. The fourth-order valence-corrected chi connectivity index (χ4v) is 5.97. The first-order chi connectivity index (χ1) is 17.6. The first kappa shape index (κ1) is 22.6. The van der Waals surface area contributed by atoms with Crippen LogP contribution in [0, 0.1) is 6.92 Å². The van der Waals surface area contributed by atoms with E-state index in [2.05, 4.69) is 50.6 Å². The largest absolute Gasteiger partial charge is 0.338 e. The van der Waals surface area contributed by atoms with Crippen molar-refractivity contribution >= 4 is 67.0 Å². The maximum Gasteiger partial charge on any atom is 0.237 e. The van der Waals surface area contributed by atoms with Crippen molar-refractivity contribution in [3.05, 3.63) is 72.3 Å². The number of carbonyl (C=O) groups excluding carboxylic acids is 1. The predicted molar refractivity (Wildman–Crippen MR) is 148 cm³/mol. The van der Waals surface area contributed by atoms with Gasteiger partial charge in [-0.15, -0.1) is 21.5 Å². The van der Waals surface area contributed by atoms with Gasteiger partial charge in [0.1, 0.15) is 10.5 Å². The number of nitrogens with zero attached hydrogens (tertiary/aromatic N) is 4. The molecular formula is C27H22N6OS2. The van der Waals surface area contributed by atoms with Crippen molar-refractivity contribution in [2.24, 2.45) is 0 Å². The van der Waals surface area contributed by atoms with Gasteiger partial charge < -0.3 is 10.3 Å². The van der Waals surface area contributed by atoms with Crippen LogP contribution in [-0.4, -0.2) is 36.3 Å². The van der Waals surface area contributed by atoms with E-state index in [-0.39, 0.29) is 11.2 Å². The minimum absolute atomic E-state index is 0.0916. The third-order valence-electron chi connectivity index (χ3n) is 5.96. The van der Waals surface area contributed by atoms with E-state index < -0.39 is 0 Å². The average Bonchev–Trinajstić information content (AvgIpc) is 3.48. The maximum atomic E-state index is 13.0. The molecule has 0 fully saturated rings. The molecule has 6 rings (SSSR count). The number of hydrogen-bond donors (Lipinski definition) is 2. The molecule has 1 amide bonds. The van der Waals surface area contributed by atoms with Gasteiger partial charge in [-0.1, -0.05) is 43.0 Å². The lowest BCUT2D eigenvalue weighted by molar-refractivity contribution is -0.115. The molecule has 0 aliphatic rings. The van der Waals surface area contributed by atoms with Crippen LogP contribution in [0.1, 0.15) is 18.9 Å². The van der Waals surface area contributed by atoms with Crippen molar-refractivity contribution < 1.29 is 4.79 Å². The van der Waals surface area contributed by atoms with Gasteiger partial charge in [0.2, 0.25) is 11.1 Å². The number of aryl methyl sites for hydroxylation is 1. The fraction of sp³-hybridized carbons (Fsp3) is 0.148. The van der Waals surface area contributed by atoms with Crippen molar-refractivity contribution in [2.45, 2.75) is 30.7 Å². The zero-order valence-corrected chi connectivity index (χ0v) is 21.3. The van der Waals surface area contributed by atoms with E-state index in [1.54, 1.807) is 11.3 Å². The summed E-state index contributed by atoms with van der Waals surface area (Å²) in [6.07, 6.45) is 0.633. The van der Waals surface area contributed by atoms with Gasteiger partial charge >= 0.3 is 0 Å². The molecule has 178 valence electrons. The Bertz CT molecular complexity index is 1720. The van der Waals surface area contributed by atoms with Crippen molar-refractivity contribution in [1.29, 1.82) is 0 Å². The topological polar surface area (TPSA) is 96.5 Å². The number of rotatable bonds is 6. The Hall–Kier alpha value is -3.82. The molecule has 0 aliphatic carbocycles. The number of benzene rings is 3. The molecule has 9 heteroatoms. The van der Waals surface area contributed by atoms with E-state index in [9.17, 15) is 4.79 Å². The van der Waals surface area contributed by atoms with E-state index in [0.717, 1.165) is 38.2 Å². The van der Waals surface area contributed by atoms with Gasteiger partial charge in [-0.25, -0.2) is 9.97 Å². The van der Waals surface area contributed by atoms with Gasteiger partial charge in [-0.2, -0.15) is 0 Å². The third kappa shape index (κ3) is 4.31. The number of thioether (sulfide) groups is 1. The van der Waals surface area contributed by atoms with E-state index in [1.165, 1.54) is 22.0 Å². The van der Waals surface area contributed by atoms with E-state index in [0.29, 0.717) is 17.2 Å². The molecule has 0 aliphatic heterocycles. The molecule has 2 N–H and O–H groups in total. The summed E-state index contributed by atoms with van der Waals surface area (Å²) < 4.78 is 1.17. The SMILES string of the molecule is CCC(Sc1nnc2c(n1)[nH]c1ccccc12)C(=O)Nc1ccc(-c2nc3ccc(C)cc3s2)cc1. The second kappa shape index (κ2) is 9.33. The Labute approximate surface area is 215 Å². The molecule has 3 aromatic carbocycles. The normalized spacial score (nSPS) is 12.4. The number of nitrogens with one attached hydrogen (secondary N) is 2. The first-order valence-electron chi connectivity index (χ1n) is 11.6. The number of aromatic nitrogens is 5. The number of hydrogen-bond acceptors (Lipinski definition) is 7. The molecule has 0 radical (unpaired) electrons. The van der Waals surface area contributed by atoms with Gasteiger partial charge in [0.25, 0.3) is 0 Å². The molecule has 7 nitrogen and oxygen atoms in total. The van der Waals surface area contributed by atoms with Crippen LogP contribution < -0.4 is 5.32 Å². The van der Waals surface area contributed by atoms with Crippen LogP contribution in [0.25, 0.3) is 42.9 Å². The van der Waals surface area contributed by atoms with Gasteiger partial charge in [0.05, 0.1) is 15.5 Å². The van der Waals surface area contributed by atoms with Crippen LogP contribution in [-0.2, 0) is 4.79 Å². The summed E-state index contributed by atoms with van der Waals surface area (Å²) in [4.78, 5) is 25.7. The van der Waals surface area contributed by atoms with Gasteiger partial charge in [-0.3, -0.25) is 4.79 Å². The maximum absolute atomic E-state index is 13.0. The summed E-state index contributed by atoms with van der Waals surface area (Å²) in [7, 11) is 0. The smallest absolute Gasteiger partial charge is 0.237 e. The van der Waals surface area contributed by atoms with Gasteiger partial charge in [0.15, 0.2) is 5.65 Å². The molecule has 3 heterocycles. The Morgan fingerprint density at radius 3 is 2.72 bits per heavy atom. The van der Waals surface area contributed by atoms with Crippen molar-refractivity contribution in [2.75, 3.05) is 5.32 Å². The summed E-state index contributed by atoms with van der Waals surface area (Å²) >= 11 is 2.99. The van der Waals surface area contributed by atoms with Crippen molar-refractivity contribution in [3.63, 3.8) is 0 Å². The summed E-state index contributed by atoms with van der Waals surface area (Å²) in [5.41, 5.74) is 6.36. The van der Waals surface area contributed by atoms with Crippen LogP contribution >= 0.6 is 23.1 Å². The Morgan fingerprint density at radius 2 is 1.89 bits per heavy atom. The molecule has 6 aromatic rings. The highest BCUT2D eigenvalue weighted by atomic mass is 32.2. The second-order valence-corrected chi connectivity index (χ2v) is 10.7. The number of carbonyl (C=O) groups is 1. The highest BCUT2D eigenvalue weighted by molar-refractivity contribution is 8.00. The minimum atomic E-state index is -0.346. The zero-order valence-electron chi connectivity index (χ0n) is 19.6. The molecule has 0 bridgehead atoms. The second-order valence-electron chi connectivity index (χ2n) is 8.53. The Morgan fingerprint density at radius 1 is 1.06 bits per heavy atom. The van der Waals surface area contributed by atoms with Crippen molar-refractivity contribution in [1.82, 2.24) is 25.1 Å². The molecule has 1 atom stereocenters.